The Kier molecular flexibility index (Phi) is 5.71. The fourth-order valence-electron chi connectivity index (χ4n) is 3.69. The average molecular weight is 376 g/mol. The minimum Gasteiger partial charge on any atom is -0.335 e. The van der Waals surface area contributed by atoms with Crippen molar-refractivity contribution in [2.75, 3.05) is 6.54 Å². The van der Waals surface area contributed by atoms with Crippen molar-refractivity contribution in [3.05, 3.63) is 68.7 Å². The van der Waals surface area contributed by atoms with Gasteiger partial charge in [-0.25, -0.2) is 0 Å². The molecule has 0 saturated carbocycles. The number of halogens is 2. The van der Waals surface area contributed by atoms with E-state index in [2.05, 4.69) is 6.07 Å². The minimum absolute atomic E-state index is 0.126. The lowest BCUT2D eigenvalue weighted by atomic mass is 9.94. The third kappa shape index (κ3) is 4.37. The monoisotopic (exact) mass is 375 g/mol. The number of amides is 1. The molecule has 1 fully saturated rings. The number of hydrogen-bond acceptors (Lipinski definition) is 1. The van der Waals surface area contributed by atoms with Gasteiger partial charge in [-0.2, -0.15) is 0 Å². The van der Waals surface area contributed by atoms with Gasteiger partial charge in [-0.1, -0.05) is 46.5 Å². The van der Waals surface area contributed by atoms with E-state index in [0.29, 0.717) is 10.0 Å². The first kappa shape index (κ1) is 18.3. The van der Waals surface area contributed by atoms with Crippen LogP contribution >= 0.6 is 23.2 Å². The predicted octanol–water partition coefficient (Wildman–Crippen LogP) is 5.85. The van der Waals surface area contributed by atoms with Crippen molar-refractivity contribution in [2.24, 2.45) is 0 Å². The van der Waals surface area contributed by atoms with E-state index in [-0.39, 0.29) is 11.9 Å². The molecule has 2 aromatic carbocycles. The highest BCUT2D eigenvalue weighted by molar-refractivity contribution is 6.35. The molecule has 1 amide bonds. The molecule has 2 nitrogen and oxygen atoms in total. The SMILES string of the molecule is Cc1cc(C)cc(C(=O)N2CCCCC2Cc2ccc(Cl)cc2Cl)c1. The Balaban J connectivity index is 1.84. The molecule has 4 heteroatoms. The molecule has 0 N–H and O–H groups in total. The Labute approximate surface area is 159 Å². The highest BCUT2D eigenvalue weighted by Gasteiger charge is 2.28. The highest BCUT2D eigenvalue weighted by Crippen LogP contribution is 2.28. The average Bonchev–Trinajstić information content (AvgIpc) is 2.56. The van der Waals surface area contributed by atoms with Gasteiger partial charge in [0.25, 0.3) is 5.91 Å². The van der Waals surface area contributed by atoms with Gasteiger partial charge in [0.2, 0.25) is 0 Å². The fraction of sp³-hybridized carbons (Fsp3) is 0.381. The van der Waals surface area contributed by atoms with Crippen LogP contribution in [0, 0.1) is 13.8 Å². The van der Waals surface area contributed by atoms with Crippen LogP contribution in [0.25, 0.3) is 0 Å². The van der Waals surface area contributed by atoms with Crippen LogP contribution in [0.1, 0.15) is 46.3 Å². The molecule has 1 heterocycles. The van der Waals surface area contributed by atoms with Crippen molar-refractivity contribution in [3.63, 3.8) is 0 Å². The van der Waals surface area contributed by atoms with E-state index in [4.69, 9.17) is 23.2 Å². The molecule has 0 radical (unpaired) electrons. The number of piperidine rings is 1. The number of hydrogen-bond donors (Lipinski definition) is 0. The van der Waals surface area contributed by atoms with Crippen LogP contribution in [0.15, 0.2) is 36.4 Å². The summed E-state index contributed by atoms with van der Waals surface area (Å²) in [7, 11) is 0. The second-order valence-electron chi connectivity index (χ2n) is 6.96. The number of rotatable bonds is 3. The number of carbonyl (C=O) groups is 1. The highest BCUT2D eigenvalue weighted by atomic mass is 35.5. The molecule has 1 aliphatic rings. The molecule has 132 valence electrons. The van der Waals surface area contributed by atoms with Gasteiger partial charge in [0, 0.05) is 28.2 Å². The lowest BCUT2D eigenvalue weighted by molar-refractivity contribution is 0.0613. The summed E-state index contributed by atoms with van der Waals surface area (Å²) in [5.41, 5.74) is 4.08. The second-order valence-corrected chi connectivity index (χ2v) is 7.81. The molecule has 25 heavy (non-hydrogen) atoms. The molecule has 0 aromatic heterocycles. The Morgan fingerprint density at radius 1 is 1.08 bits per heavy atom. The van der Waals surface area contributed by atoms with Crippen LogP contribution in [-0.4, -0.2) is 23.4 Å². The third-order valence-corrected chi connectivity index (χ3v) is 5.41. The lowest BCUT2D eigenvalue weighted by Gasteiger charge is -2.36. The van der Waals surface area contributed by atoms with Crippen LogP contribution in [0.3, 0.4) is 0 Å². The largest absolute Gasteiger partial charge is 0.335 e. The van der Waals surface area contributed by atoms with Gasteiger partial charge in [-0.3, -0.25) is 4.79 Å². The lowest BCUT2D eigenvalue weighted by Crippen LogP contribution is -2.45. The van der Waals surface area contributed by atoms with Crippen molar-refractivity contribution in [1.82, 2.24) is 4.90 Å². The zero-order chi connectivity index (χ0) is 18.0. The Hall–Kier alpha value is -1.51. The summed E-state index contributed by atoms with van der Waals surface area (Å²) in [5, 5.41) is 1.32. The molecular formula is C21H23Cl2NO. The second kappa shape index (κ2) is 7.80. The molecule has 1 atom stereocenters. The van der Waals surface area contributed by atoms with Crippen molar-refractivity contribution < 1.29 is 4.79 Å². The normalized spacial score (nSPS) is 17.6. The van der Waals surface area contributed by atoms with E-state index >= 15 is 0 Å². The van der Waals surface area contributed by atoms with Gasteiger partial charge < -0.3 is 4.90 Å². The summed E-state index contributed by atoms with van der Waals surface area (Å²) < 4.78 is 0. The maximum Gasteiger partial charge on any atom is 0.254 e. The summed E-state index contributed by atoms with van der Waals surface area (Å²) >= 11 is 12.3. The molecule has 1 saturated heterocycles. The maximum absolute atomic E-state index is 13.1. The Morgan fingerprint density at radius 2 is 1.80 bits per heavy atom. The standard InChI is InChI=1S/C21H23Cl2NO/c1-14-9-15(2)11-17(10-14)21(25)24-8-4-3-5-19(24)12-16-6-7-18(22)13-20(16)23/h6-7,9-11,13,19H,3-5,8,12H2,1-2H3. The molecule has 2 aromatic rings. The molecule has 0 bridgehead atoms. The summed E-state index contributed by atoms with van der Waals surface area (Å²) in [5.74, 6) is 0.126. The van der Waals surface area contributed by atoms with Crippen LogP contribution < -0.4 is 0 Å². The van der Waals surface area contributed by atoms with Crippen molar-refractivity contribution in [2.45, 2.75) is 45.6 Å². The summed E-state index contributed by atoms with van der Waals surface area (Å²) in [4.78, 5) is 15.1. The summed E-state index contributed by atoms with van der Waals surface area (Å²) in [6.45, 7) is 4.87. The van der Waals surface area contributed by atoms with Crippen LogP contribution in [0.2, 0.25) is 10.0 Å². The van der Waals surface area contributed by atoms with Gasteiger partial charge in [0.1, 0.15) is 0 Å². The Morgan fingerprint density at radius 3 is 2.48 bits per heavy atom. The van der Waals surface area contributed by atoms with Crippen LogP contribution in [-0.2, 0) is 6.42 Å². The molecule has 0 spiro atoms. The Bertz CT molecular complexity index is 767. The third-order valence-electron chi connectivity index (χ3n) is 4.83. The fourth-order valence-corrected chi connectivity index (χ4v) is 4.17. The quantitative estimate of drug-likeness (QED) is 0.658. The number of likely N-dealkylation sites (tertiary alicyclic amines) is 1. The van der Waals surface area contributed by atoms with E-state index in [9.17, 15) is 4.79 Å². The van der Waals surface area contributed by atoms with Gasteiger partial charge in [-0.15, -0.1) is 0 Å². The number of carbonyl (C=O) groups excluding carboxylic acids is 1. The summed E-state index contributed by atoms with van der Waals surface area (Å²) in [6.07, 6.45) is 3.98. The van der Waals surface area contributed by atoms with Crippen LogP contribution in [0.5, 0.6) is 0 Å². The molecular weight excluding hydrogens is 353 g/mol. The first-order valence-corrected chi connectivity index (χ1v) is 9.53. The van der Waals surface area contributed by atoms with E-state index in [1.807, 2.05) is 43.0 Å². The van der Waals surface area contributed by atoms with Crippen molar-refractivity contribution >= 4 is 29.1 Å². The summed E-state index contributed by atoms with van der Waals surface area (Å²) in [6, 6.07) is 11.9. The van der Waals surface area contributed by atoms with E-state index < -0.39 is 0 Å². The first-order valence-electron chi connectivity index (χ1n) is 8.77. The minimum atomic E-state index is 0.126. The van der Waals surface area contributed by atoms with Gasteiger partial charge in [0.05, 0.1) is 0 Å². The smallest absolute Gasteiger partial charge is 0.254 e. The van der Waals surface area contributed by atoms with Gasteiger partial charge in [-0.05, 0) is 69.4 Å². The van der Waals surface area contributed by atoms with Gasteiger partial charge >= 0.3 is 0 Å². The van der Waals surface area contributed by atoms with E-state index in [0.717, 1.165) is 54.5 Å². The van der Waals surface area contributed by atoms with Crippen LogP contribution in [0.4, 0.5) is 0 Å². The molecule has 0 aliphatic carbocycles. The molecule has 1 aliphatic heterocycles. The molecule has 1 unspecified atom stereocenters. The topological polar surface area (TPSA) is 20.3 Å². The maximum atomic E-state index is 13.1. The predicted molar refractivity (Wildman–Crippen MR) is 105 cm³/mol. The zero-order valence-corrected chi connectivity index (χ0v) is 16.2. The van der Waals surface area contributed by atoms with E-state index in [1.54, 1.807) is 6.07 Å². The molecule has 3 rings (SSSR count). The van der Waals surface area contributed by atoms with Crippen molar-refractivity contribution in [1.29, 1.82) is 0 Å². The van der Waals surface area contributed by atoms with E-state index in [1.165, 1.54) is 0 Å². The number of benzene rings is 2. The van der Waals surface area contributed by atoms with Crippen molar-refractivity contribution in [3.8, 4) is 0 Å². The first-order chi connectivity index (χ1) is 11.9. The zero-order valence-electron chi connectivity index (χ0n) is 14.7. The number of nitrogens with zero attached hydrogens (tertiary/aromatic N) is 1. The van der Waals surface area contributed by atoms with Gasteiger partial charge in [0.15, 0.2) is 0 Å². The number of aryl methyl sites for hydroxylation is 2.